The Morgan fingerprint density at radius 3 is 2.08 bits per heavy atom. The van der Waals surface area contributed by atoms with Crippen molar-refractivity contribution in [1.82, 2.24) is 0 Å². The van der Waals surface area contributed by atoms with Crippen LogP contribution in [0.25, 0.3) is 11.1 Å². The largest absolute Gasteiger partial charge is 0.358 e. The zero-order valence-electron chi connectivity index (χ0n) is 14.1. The molecule has 2 nitrogen and oxygen atoms in total. The van der Waals surface area contributed by atoms with Crippen LogP contribution in [0, 0.1) is 6.92 Å². The van der Waals surface area contributed by atoms with Gasteiger partial charge in [-0.15, -0.1) is 0 Å². The van der Waals surface area contributed by atoms with Crippen molar-refractivity contribution in [3.63, 3.8) is 0 Å². The molecule has 0 aliphatic rings. The number of nitrogens with one attached hydrogen (secondary N) is 2. The van der Waals surface area contributed by atoms with Gasteiger partial charge in [-0.25, -0.2) is 0 Å². The number of hydrogen-bond acceptors (Lipinski definition) is 2. The lowest BCUT2D eigenvalue weighted by atomic mass is 10.0. The third kappa shape index (κ3) is 3.66. The summed E-state index contributed by atoms with van der Waals surface area (Å²) in [5.41, 5.74) is 7.75. The van der Waals surface area contributed by atoms with Gasteiger partial charge in [-0.3, -0.25) is 0 Å². The second kappa shape index (κ2) is 7.05. The fourth-order valence-corrected chi connectivity index (χ4v) is 2.69. The molecule has 0 aliphatic heterocycles. The Labute approximate surface area is 143 Å². The fourth-order valence-electron chi connectivity index (χ4n) is 2.69. The molecule has 0 atom stereocenters. The van der Waals surface area contributed by atoms with Gasteiger partial charge in [-0.05, 0) is 54.8 Å². The molecule has 0 unspecified atom stereocenters. The molecule has 2 heteroatoms. The van der Waals surface area contributed by atoms with Crippen molar-refractivity contribution in [2.45, 2.75) is 13.8 Å². The van der Waals surface area contributed by atoms with E-state index in [1.165, 1.54) is 16.7 Å². The minimum absolute atomic E-state index is 0.917. The van der Waals surface area contributed by atoms with Crippen LogP contribution in [0.4, 0.5) is 17.1 Å². The Hall–Kier alpha value is -3.00. The number of allylic oxidation sites excluding steroid dienone is 1. The smallest absolute Gasteiger partial charge is 0.0623 e. The maximum atomic E-state index is 3.92. The molecular weight excluding hydrogens is 292 g/mol. The van der Waals surface area contributed by atoms with E-state index in [9.17, 15) is 0 Å². The summed E-state index contributed by atoms with van der Waals surface area (Å²) in [5, 5.41) is 6.81. The number of para-hydroxylation sites is 2. The Morgan fingerprint density at radius 2 is 1.42 bits per heavy atom. The summed E-state index contributed by atoms with van der Waals surface area (Å²) in [6, 6.07) is 25.1. The first kappa shape index (κ1) is 15.9. The highest BCUT2D eigenvalue weighted by Crippen LogP contribution is 2.30. The molecule has 0 aliphatic carbocycles. The predicted molar refractivity (Wildman–Crippen MR) is 105 cm³/mol. The summed E-state index contributed by atoms with van der Waals surface area (Å²) >= 11 is 0. The van der Waals surface area contributed by atoms with Crippen LogP contribution in [0.5, 0.6) is 0 Å². The molecule has 3 aromatic rings. The molecule has 3 aromatic carbocycles. The zero-order valence-corrected chi connectivity index (χ0v) is 14.1. The van der Waals surface area contributed by atoms with Crippen LogP contribution in [0.2, 0.25) is 0 Å². The standard InChI is InChI=1S/C22H22N2/c1-16(2)23-21-11-7-8-12-22(21)24-20-14-13-19(15-17(20)3)18-9-5-4-6-10-18/h4-15,23-24H,1H2,2-3H3. The van der Waals surface area contributed by atoms with E-state index < -0.39 is 0 Å². The lowest BCUT2D eigenvalue weighted by Crippen LogP contribution is -2.00. The van der Waals surface area contributed by atoms with Gasteiger partial charge < -0.3 is 10.6 Å². The van der Waals surface area contributed by atoms with E-state index in [0.717, 1.165) is 22.8 Å². The average molecular weight is 314 g/mol. The van der Waals surface area contributed by atoms with Crippen LogP contribution in [-0.2, 0) is 0 Å². The van der Waals surface area contributed by atoms with Crippen LogP contribution in [0.3, 0.4) is 0 Å². The summed E-state index contributed by atoms with van der Waals surface area (Å²) in [6.07, 6.45) is 0. The third-order valence-corrected chi connectivity index (χ3v) is 3.88. The number of anilines is 3. The van der Waals surface area contributed by atoms with Gasteiger partial charge >= 0.3 is 0 Å². The Kier molecular flexibility index (Phi) is 4.66. The van der Waals surface area contributed by atoms with Crippen LogP contribution >= 0.6 is 0 Å². The summed E-state index contributed by atoms with van der Waals surface area (Å²) in [4.78, 5) is 0. The van der Waals surface area contributed by atoms with Crippen molar-refractivity contribution in [1.29, 1.82) is 0 Å². The van der Waals surface area contributed by atoms with Gasteiger partial charge in [0.2, 0.25) is 0 Å². The highest BCUT2D eigenvalue weighted by Gasteiger charge is 2.06. The van der Waals surface area contributed by atoms with E-state index in [1.807, 2.05) is 31.2 Å². The monoisotopic (exact) mass is 314 g/mol. The number of benzene rings is 3. The molecule has 120 valence electrons. The van der Waals surface area contributed by atoms with Crippen molar-refractivity contribution in [2.24, 2.45) is 0 Å². The Balaban J connectivity index is 1.88. The Morgan fingerprint density at radius 1 is 0.750 bits per heavy atom. The summed E-state index contributed by atoms with van der Waals surface area (Å²) in [7, 11) is 0. The minimum atomic E-state index is 0.917. The number of rotatable bonds is 5. The van der Waals surface area contributed by atoms with Crippen LogP contribution in [-0.4, -0.2) is 0 Å². The molecule has 0 heterocycles. The summed E-state index contributed by atoms with van der Waals surface area (Å²) in [5.74, 6) is 0. The lowest BCUT2D eigenvalue weighted by Gasteiger charge is -2.16. The van der Waals surface area contributed by atoms with Crippen LogP contribution < -0.4 is 10.6 Å². The van der Waals surface area contributed by atoms with E-state index in [1.54, 1.807) is 0 Å². The predicted octanol–water partition coefficient (Wildman–Crippen LogP) is 6.35. The molecule has 3 rings (SSSR count). The topological polar surface area (TPSA) is 24.1 Å². The van der Waals surface area contributed by atoms with Gasteiger partial charge in [-0.2, -0.15) is 0 Å². The van der Waals surface area contributed by atoms with Gasteiger partial charge in [0.25, 0.3) is 0 Å². The first-order chi connectivity index (χ1) is 11.6. The molecule has 0 radical (unpaired) electrons. The maximum absolute atomic E-state index is 3.92. The normalized spacial score (nSPS) is 10.2. The molecular formula is C22H22N2. The second-order valence-electron chi connectivity index (χ2n) is 5.97. The maximum Gasteiger partial charge on any atom is 0.0623 e. The van der Waals surface area contributed by atoms with Gasteiger partial charge in [-0.1, -0.05) is 55.1 Å². The molecule has 0 saturated carbocycles. The first-order valence-electron chi connectivity index (χ1n) is 8.08. The van der Waals surface area contributed by atoms with Gasteiger partial charge in [0.05, 0.1) is 11.4 Å². The van der Waals surface area contributed by atoms with E-state index in [-0.39, 0.29) is 0 Å². The molecule has 24 heavy (non-hydrogen) atoms. The highest BCUT2D eigenvalue weighted by molar-refractivity contribution is 5.78. The minimum Gasteiger partial charge on any atom is -0.358 e. The van der Waals surface area contributed by atoms with Crippen molar-refractivity contribution < 1.29 is 0 Å². The van der Waals surface area contributed by atoms with Crippen molar-refractivity contribution in [3.05, 3.63) is 90.6 Å². The van der Waals surface area contributed by atoms with Crippen molar-refractivity contribution >= 4 is 17.1 Å². The summed E-state index contributed by atoms with van der Waals surface area (Å²) in [6.45, 7) is 8.01. The molecule has 0 spiro atoms. The third-order valence-electron chi connectivity index (χ3n) is 3.88. The van der Waals surface area contributed by atoms with E-state index in [4.69, 9.17) is 0 Å². The van der Waals surface area contributed by atoms with Gasteiger partial charge in [0.1, 0.15) is 0 Å². The lowest BCUT2D eigenvalue weighted by molar-refractivity contribution is 1.38. The van der Waals surface area contributed by atoms with Crippen LogP contribution in [0.15, 0.2) is 85.1 Å². The van der Waals surface area contributed by atoms with E-state index in [2.05, 4.69) is 72.7 Å². The van der Waals surface area contributed by atoms with Gasteiger partial charge in [0.15, 0.2) is 0 Å². The Bertz CT molecular complexity index is 851. The van der Waals surface area contributed by atoms with Gasteiger partial charge in [0, 0.05) is 11.4 Å². The van der Waals surface area contributed by atoms with Crippen molar-refractivity contribution in [3.8, 4) is 11.1 Å². The van der Waals surface area contributed by atoms with Crippen LogP contribution in [0.1, 0.15) is 12.5 Å². The molecule has 0 saturated heterocycles. The molecule has 0 fully saturated rings. The zero-order chi connectivity index (χ0) is 16.9. The number of hydrogen-bond donors (Lipinski definition) is 2. The first-order valence-corrected chi connectivity index (χ1v) is 8.08. The SMILES string of the molecule is C=C(C)Nc1ccccc1Nc1ccc(-c2ccccc2)cc1C. The highest BCUT2D eigenvalue weighted by atomic mass is 15.0. The van der Waals surface area contributed by atoms with Crippen molar-refractivity contribution in [2.75, 3.05) is 10.6 Å². The quantitative estimate of drug-likeness (QED) is 0.573. The molecule has 2 N–H and O–H groups in total. The molecule has 0 bridgehead atoms. The summed E-state index contributed by atoms with van der Waals surface area (Å²) < 4.78 is 0. The van der Waals surface area contributed by atoms with E-state index >= 15 is 0 Å². The number of aryl methyl sites for hydroxylation is 1. The fraction of sp³-hybridized carbons (Fsp3) is 0.0909. The molecule has 0 amide bonds. The molecule has 0 aromatic heterocycles. The average Bonchev–Trinajstić information content (AvgIpc) is 2.58. The second-order valence-corrected chi connectivity index (χ2v) is 5.97. The van der Waals surface area contributed by atoms with E-state index in [0.29, 0.717) is 0 Å².